The van der Waals surface area contributed by atoms with Crippen molar-refractivity contribution in [2.24, 2.45) is 11.8 Å². The molecule has 7 atom stereocenters. The second kappa shape index (κ2) is 13.5. The highest BCUT2D eigenvalue weighted by molar-refractivity contribution is 5.82. The summed E-state index contributed by atoms with van der Waals surface area (Å²) in [5, 5.41) is 20.8. The van der Waals surface area contributed by atoms with E-state index in [1.807, 2.05) is 63.3 Å². The van der Waals surface area contributed by atoms with Gasteiger partial charge in [0, 0.05) is 24.8 Å². The van der Waals surface area contributed by atoms with Crippen LogP contribution in [0.5, 0.6) is 0 Å². The van der Waals surface area contributed by atoms with E-state index in [1.165, 1.54) is 11.6 Å². The summed E-state index contributed by atoms with van der Waals surface area (Å²) in [5.74, 6) is 0.0688. The lowest BCUT2D eigenvalue weighted by Crippen LogP contribution is -2.46. The summed E-state index contributed by atoms with van der Waals surface area (Å²) in [6.07, 6.45) is 18.9. The number of aliphatic hydroxyl groups is 2. The number of carbonyl (C=O) groups is 1. The minimum Gasteiger partial charge on any atom is -0.455 e. The van der Waals surface area contributed by atoms with Gasteiger partial charge in [-0.1, -0.05) is 73.6 Å². The highest BCUT2D eigenvalue weighted by Gasteiger charge is 2.35. The average Bonchev–Trinajstić information content (AvgIpc) is 2.75. The van der Waals surface area contributed by atoms with Crippen molar-refractivity contribution in [1.82, 2.24) is 0 Å². The van der Waals surface area contributed by atoms with Gasteiger partial charge < -0.3 is 19.7 Å². The Morgan fingerprint density at radius 2 is 2.06 bits per heavy atom. The summed E-state index contributed by atoms with van der Waals surface area (Å²) in [6.45, 7) is 10.2. The third-order valence-electron chi connectivity index (χ3n) is 6.04. The van der Waals surface area contributed by atoms with Crippen molar-refractivity contribution in [1.29, 1.82) is 0 Å². The van der Waals surface area contributed by atoms with E-state index in [0.717, 1.165) is 12.0 Å². The van der Waals surface area contributed by atoms with Gasteiger partial charge in [-0.05, 0) is 39.2 Å². The highest BCUT2D eigenvalue weighted by atomic mass is 16.5. The van der Waals surface area contributed by atoms with E-state index in [1.54, 1.807) is 6.08 Å². The van der Waals surface area contributed by atoms with E-state index >= 15 is 0 Å². The van der Waals surface area contributed by atoms with Gasteiger partial charge in [-0.2, -0.15) is 0 Å². The van der Waals surface area contributed by atoms with Gasteiger partial charge >= 0.3 is 5.97 Å². The van der Waals surface area contributed by atoms with Crippen LogP contribution in [0, 0.1) is 11.8 Å². The summed E-state index contributed by atoms with van der Waals surface area (Å²) in [7, 11) is 0. The number of rotatable bonds is 9. The molecule has 0 aromatic carbocycles. The third kappa shape index (κ3) is 9.28. The molecule has 2 rings (SSSR count). The fourth-order valence-corrected chi connectivity index (χ4v) is 4.19. The molecule has 0 aromatic heterocycles. The van der Waals surface area contributed by atoms with E-state index in [9.17, 15) is 15.0 Å². The molecule has 7 unspecified atom stereocenters. The predicted octanol–water partition coefficient (Wildman–Crippen LogP) is 4.98. The number of carbonyl (C=O) groups excluding carboxylic acids is 1. The van der Waals surface area contributed by atoms with Crippen LogP contribution in [0.1, 0.15) is 53.9 Å². The number of hydrogen-bond acceptors (Lipinski definition) is 5. The van der Waals surface area contributed by atoms with Crippen LogP contribution in [0.4, 0.5) is 0 Å². The first-order valence-electron chi connectivity index (χ1n) is 11.9. The molecule has 33 heavy (non-hydrogen) atoms. The first-order chi connectivity index (χ1) is 15.7. The van der Waals surface area contributed by atoms with Crippen LogP contribution in [0.2, 0.25) is 0 Å². The maximum Gasteiger partial charge on any atom is 0.331 e. The average molecular weight is 457 g/mol. The lowest BCUT2D eigenvalue weighted by molar-refractivity contribution is -0.141. The van der Waals surface area contributed by atoms with Gasteiger partial charge in [-0.15, -0.1) is 0 Å². The van der Waals surface area contributed by atoms with Crippen LogP contribution >= 0.6 is 0 Å². The second-order valence-corrected chi connectivity index (χ2v) is 9.28. The number of ether oxygens (including phenoxy) is 2. The fraction of sp³-hybridized carbons (Fsp3) is 0.536. The number of esters is 1. The molecule has 0 amide bonds. The molecular weight excluding hydrogens is 416 g/mol. The molecule has 2 aliphatic heterocycles. The van der Waals surface area contributed by atoms with Crippen molar-refractivity contribution in [3.63, 3.8) is 0 Å². The van der Waals surface area contributed by atoms with E-state index in [-0.39, 0.29) is 24.1 Å². The standard InChI is InChI=1S/C28H40O5/c1-6-9-26-22(5)25(30)18-27(33-26)24(29)12-7-10-19(2)16-21(4)17-20(3)14-15-23-11-8-13-28(31)32-23/h6-10,12-15,17,21-27,29-30H,11,16,18H2,1-5H3. The number of allylic oxidation sites excluding steroid dienone is 7. The second-order valence-electron chi connectivity index (χ2n) is 9.28. The Hall–Kier alpha value is -2.21. The molecule has 0 spiro atoms. The van der Waals surface area contributed by atoms with Crippen LogP contribution < -0.4 is 0 Å². The monoisotopic (exact) mass is 456 g/mol. The molecule has 2 aliphatic rings. The molecular formula is C28H40O5. The lowest BCUT2D eigenvalue weighted by atomic mass is 9.88. The molecule has 0 radical (unpaired) electrons. The van der Waals surface area contributed by atoms with E-state index in [0.29, 0.717) is 18.8 Å². The van der Waals surface area contributed by atoms with Crippen LogP contribution in [0.25, 0.3) is 0 Å². The summed E-state index contributed by atoms with van der Waals surface area (Å²) in [6, 6.07) is 0. The van der Waals surface area contributed by atoms with Crippen molar-refractivity contribution in [2.75, 3.05) is 0 Å². The minimum atomic E-state index is -0.766. The van der Waals surface area contributed by atoms with Gasteiger partial charge in [0.05, 0.1) is 24.4 Å². The Balaban J connectivity index is 1.85. The Labute approximate surface area is 198 Å². The molecule has 2 N–H and O–H groups in total. The van der Waals surface area contributed by atoms with E-state index < -0.39 is 18.3 Å². The molecule has 182 valence electrons. The quantitative estimate of drug-likeness (QED) is 0.291. The summed E-state index contributed by atoms with van der Waals surface area (Å²) in [4.78, 5) is 11.3. The Bertz CT molecular complexity index is 816. The van der Waals surface area contributed by atoms with Crippen molar-refractivity contribution < 1.29 is 24.5 Å². The van der Waals surface area contributed by atoms with Crippen molar-refractivity contribution in [3.05, 3.63) is 71.9 Å². The SMILES string of the molecule is CC=CC1OC(C(O)C=CC=C(C)CC(C)C=C(C)C=CC2CC=CC(=O)O2)CC(O)C1C. The van der Waals surface area contributed by atoms with Crippen molar-refractivity contribution in [2.45, 2.75) is 84.4 Å². The Morgan fingerprint density at radius 3 is 2.76 bits per heavy atom. The normalized spacial score (nSPS) is 31.5. The summed E-state index contributed by atoms with van der Waals surface area (Å²) < 4.78 is 11.2. The van der Waals surface area contributed by atoms with Gasteiger partial charge in [0.15, 0.2) is 0 Å². The van der Waals surface area contributed by atoms with Gasteiger partial charge in [0.1, 0.15) is 6.10 Å². The van der Waals surface area contributed by atoms with Crippen molar-refractivity contribution >= 4 is 5.97 Å². The van der Waals surface area contributed by atoms with E-state index in [2.05, 4.69) is 19.9 Å². The molecule has 0 aliphatic carbocycles. The molecule has 0 saturated carbocycles. The zero-order valence-corrected chi connectivity index (χ0v) is 20.6. The van der Waals surface area contributed by atoms with Gasteiger partial charge in [0.25, 0.3) is 0 Å². The van der Waals surface area contributed by atoms with Gasteiger partial charge in [-0.3, -0.25) is 0 Å². The van der Waals surface area contributed by atoms with Gasteiger partial charge in [0.2, 0.25) is 0 Å². The Morgan fingerprint density at radius 1 is 1.30 bits per heavy atom. The number of cyclic esters (lactones) is 1. The smallest absolute Gasteiger partial charge is 0.331 e. The van der Waals surface area contributed by atoms with Crippen LogP contribution in [-0.4, -0.2) is 46.7 Å². The number of aliphatic hydroxyl groups excluding tert-OH is 2. The molecule has 1 fully saturated rings. The maximum absolute atomic E-state index is 11.3. The molecule has 2 heterocycles. The topological polar surface area (TPSA) is 76.0 Å². The molecule has 0 aromatic rings. The van der Waals surface area contributed by atoms with Crippen LogP contribution in [0.3, 0.4) is 0 Å². The van der Waals surface area contributed by atoms with Crippen LogP contribution in [-0.2, 0) is 14.3 Å². The fourth-order valence-electron chi connectivity index (χ4n) is 4.19. The first kappa shape index (κ1) is 27.0. The molecule has 5 heteroatoms. The predicted molar refractivity (Wildman–Crippen MR) is 132 cm³/mol. The minimum absolute atomic E-state index is 0.0122. The van der Waals surface area contributed by atoms with Crippen LogP contribution in [0.15, 0.2) is 71.9 Å². The Kier molecular flexibility index (Phi) is 11.0. The molecule has 1 saturated heterocycles. The first-order valence-corrected chi connectivity index (χ1v) is 11.9. The number of hydrogen-bond donors (Lipinski definition) is 2. The highest BCUT2D eigenvalue weighted by Crippen LogP contribution is 2.28. The molecule has 0 bridgehead atoms. The summed E-state index contributed by atoms with van der Waals surface area (Å²) in [5.41, 5.74) is 2.33. The zero-order chi connectivity index (χ0) is 24.4. The largest absolute Gasteiger partial charge is 0.455 e. The summed E-state index contributed by atoms with van der Waals surface area (Å²) >= 11 is 0. The molecule has 5 nitrogen and oxygen atoms in total. The van der Waals surface area contributed by atoms with Crippen molar-refractivity contribution in [3.8, 4) is 0 Å². The maximum atomic E-state index is 11.3. The van der Waals surface area contributed by atoms with E-state index in [4.69, 9.17) is 9.47 Å². The van der Waals surface area contributed by atoms with Gasteiger partial charge in [-0.25, -0.2) is 4.79 Å². The zero-order valence-electron chi connectivity index (χ0n) is 20.6. The third-order valence-corrected chi connectivity index (χ3v) is 6.04. The lowest BCUT2D eigenvalue weighted by Gasteiger charge is -2.38.